The molecule has 1 heteroatoms. The highest BCUT2D eigenvalue weighted by molar-refractivity contribution is 6.12. The smallest absolute Gasteiger partial charge is 0.0664 e. The van der Waals surface area contributed by atoms with E-state index in [9.17, 15) is 0 Å². The minimum atomic E-state index is 0.138. The Kier molecular flexibility index (Phi) is 3.19. The fraction of sp³-hybridized carbons (Fsp3) is 0.500. The molecule has 0 aromatic heterocycles. The maximum atomic E-state index is 5.88. The summed E-state index contributed by atoms with van der Waals surface area (Å²) in [6, 6.07) is 6.57. The molecule has 0 fully saturated rings. The minimum Gasteiger partial charge on any atom is -0.0664 e. The molecule has 0 bridgehead atoms. The maximum absolute atomic E-state index is 5.88. The van der Waals surface area contributed by atoms with Gasteiger partial charge in [-0.15, -0.1) is 0 Å². The van der Waals surface area contributed by atoms with Crippen LogP contribution in [0.2, 0.25) is 0 Å². The van der Waals surface area contributed by atoms with Gasteiger partial charge in [-0.05, 0) is 24.0 Å². The van der Waals surface area contributed by atoms with Crippen LogP contribution in [0.5, 0.6) is 0 Å². The lowest BCUT2D eigenvalue weighted by Gasteiger charge is -2.13. The fourth-order valence-electron chi connectivity index (χ4n) is 1.51. The Labute approximate surface area is 82.8 Å². The maximum Gasteiger partial charge on any atom is 0.0759 e. The largest absolute Gasteiger partial charge is 0.0759 e. The molecule has 1 rings (SSSR count). The SMILES string of the molecule is [B][C@H](C)c1cc(C(C)C)ccc1C. The van der Waals surface area contributed by atoms with E-state index in [0.29, 0.717) is 5.92 Å². The van der Waals surface area contributed by atoms with Gasteiger partial charge in [-0.1, -0.05) is 50.4 Å². The summed E-state index contributed by atoms with van der Waals surface area (Å²) in [4.78, 5) is 0. The molecular weight excluding hydrogens is 155 g/mol. The molecule has 13 heavy (non-hydrogen) atoms. The first-order chi connectivity index (χ1) is 6.02. The second-order valence-corrected chi connectivity index (χ2v) is 4.06. The number of rotatable bonds is 2. The van der Waals surface area contributed by atoms with E-state index in [1.54, 1.807) is 0 Å². The van der Waals surface area contributed by atoms with E-state index in [1.165, 1.54) is 16.7 Å². The summed E-state index contributed by atoms with van der Waals surface area (Å²) in [5, 5.41) is 0. The van der Waals surface area contributed by atoms with Crippen molar-refractivity contribution in [1.82, 2.24) is 0 Å². The van der Waals surface area contributed by atoms with Crippen molar-refractivity contribution in [2.75, 3.05) is 0 Å². The van der Waals surface area contributed by atoms with Gasteiger partial charge in [0.05, 0.1) is 7.85 Å². The van der Waals surface area contributed by atoms with Crippen molar-refractivity contribution in [2.45, 2.75) is 39.4 Å². The first-order valence-electron chi connectivity index (χ1n) is 4.88. The fourth-order valence-corrected chi connectivity index (χ4v) is 1.51. The molecule has 0 aliphatic heterocycles. The Bertz CT molecular complexity index is 287. The van der Waals surface area contributed by atoms with Gasteiger partial charge in [0.2, 0.25) is 0 Å². The summed E-state index contributed by atoms with van der Waals surface area (Å²) in [5.74, 6) is 0.719. The van der Waals surface area contributed by atoms with Crippen LogP contribution < -0.4 is 0 Å². The minimum absolute atomic E-state index is 0.138. The van der Waals surface area contributed by atoms with Crippen LogP contribution in [0, 0.1) is 6.92 Å². The Balaban J connectivity index is 3.11. The number of benzene rings is 1. The third-order valence-electron chi connectivity index (χ3n) is 2.46. The highest BCUT2D eigenvalue weighted by Crippen LogP contribution is 2.22. The molecule has 0 heterocycles. The molecule has 0 spiro atoms. The molecule has 0 saturated carbocycles. The van der Waals surface area contributed by atoms with E-state index in [2.05, 4.69) is 39.0 Å². The quantitative estimate of drug-likeness (QED) is 0.600. The van der Waals surface area contributed by atoms with Crippen molar-refractivity contribution in [3.63, 3.8) is 0 Å². The van der Waals surface area contributed by atoms with Crippen LogP contribution in [0.4, 0.5) is 0 Å². The van der Waals surface area contributed by atoms with Crippen molar-refractivity contribution in [1.29, 1.82) is 0 Å². The molecule has 0 aliphatic carbocycles. The molecule has 0 N–H and O–H groups in total. The van der Waals surface area contributed by atoms with E-state index in [1.807, 2.05) is 6.92 Å². The molecule has 1 atom stereocenters. The second-order valence-electron chi connectivity index (χ2n) is 4.06. The average molecular weight is 172 g/mol. The van der Waals surface area contributed by atoms with Gasteiger partial charge < -0.3 is 0 Å². The van der Waals surface area contributed by atoms with Crippen molar-refractivity contribution in [3.8, 4) is 0 Å². The average Bonchev–Trinajstić information content (AvgIpc) is 2.04. The monoisotopic (exact) mass is 172 g/mol. The number of aryl methyl sites for hydroxylation is 1. The lowest BCUT2D eigenvalue weighted by Crippen LogP contribution is -1.98. The van der Waals surface area contributed by atoms with Gasteiger partial charge in [-0.3, -0.25) is 0 Å². The third-order valence-corrected chi connectivity index (χ3v) is 2.46. The molecule has 1 aromatic carbocycles. The van der Waals surface area contributed by atoms with Crippen LogP contribution in [0.25, 0.3) is 0 Å². The molecule has 0 nitrogen and oxygen atoms in total. The molecule has 0 aliphatic rings. The summed E-state index contributed by atoms with van der Waals surface area (Å²) in [5.41, 5.74) is 3.93. The highest BCUT2D eigenvalue weighted by atomic mass is 14.1. The number of hydrogen-bond acceptors (Lipinski definition) is 0. The van der Waals surface area contributed by atoms with Crippen molar-refractivity contribution >= 4 is 7.85 Å². The molecule has 0 amide bonds. The summed E-state index contributed by atoms with van der Waals surface area (Å²) in [6.45, 7) is 8.56. The summed E-state index contributed by atoms with van der Waals surface area (Å²) < 4.78 is 0. The zero-order valence-corrected chi connectivity index (χ0v) is 8.96. The molecule has 1 aromatic rings. The molecule has 68 valence electrons. The first-order valence-corrected chi connectivity index (χ1v) is 4.88. The summed E-state index contributed by atoms with van der Waals surface area (Å²) in [7, 11) is 5.88. The molecule has 0 saturated heterocycles. The van der Waals surface area contributed by atoms with Gasteiger partial charge in [0.15, 0.2) is 0 Å². The Morgan fingerprint density at radius 1 is 1.15 bits per heavy atom. The van der Waals surface area contributed by atoms with Crippen LogP contribution in [0.15, 0.2) is 18.2 Å². The molecular formula is C12H17B. The van der Waals surface area contributed by atoms with Crippen LogP contribution in [0.3, 0.4) is 0 Å². The topological polar surface area (TPSA) is 0 Å². The normalized spacial score (nSPS) is 13.3. The van der Waals surface area contributed by atoms with Crippen LogP contribution >= 0.6 is 0 Å². The van der Waals surface area contributed by atoms with Gasteiger partial charge in [-0.25, -0.2) is 0 Å². The second kappa shape index (κ2) is 4.00. The number of hydrogen-bond donors (Lipinski definition) is 0. The van der Waals surface area contributed by atoms with E-state index in [0.717, 1.165) is 0 Å². The lowest BCUT2D eigenvalue weighted by atomic mass is 9.79. The third kappa shape index (κ3) is 2.36. The molecule has 2 radical (unpaired) electrons. The van der Waals surface area contributed by atoms with E-state index < -0.39 is 0 Å². The summed E-state index contributed by atoms with van der Waals surface area (Å²) >= 11 is 0. The Morgan fingerprint density at radius 3 is 2.23 bits per heavy atom. The van der Waals surface area contributed by atoms with E-state index in [-0.39, 0.29) is 5.82 Å². The van der Waals surface area contributed by atoms with E-state index in [4.69, 9.17) is 7.85 Å². The lowest BCUT2D eigenvalue weighted by molar-refractivity contribution is 0.859. The van der Waals surface area contributed by atoms with Crippen molar-refractivity contribution < 1.29 is 0 Å². The standard InChI is InChI=1S/C12H17B/c1-8(2)11-6-5-9(3)12(7-11)10(4)13/h5-8,10H,1-4H3/t10-/m1/s1. The van der Waals surface area contributed by atoms with Gasteiger partial charge >= 0.3 is 0 Å². The van der Waals surface area contributed by atoms with Gasteiger partial charge in [0, 0.05) is 0 Å². The predicted molar refractivity (Wildman–Crippen MR) is 59.4 cm³/mol. The van der Waals surface area contributed by atoms with Gasteiger partial charge in [0.25, 0.3) is 0 Å². The van der Waals surface area contributed by atoms with Gasteiger partial charge in [-0.2, -0.15) is 0 Å². The Morgan fingerprint density at radius 2 is 1.77 bits per heavy atom. The van der Waals surface area contributed by atoms with Crippen LogP contribution in [-0.4, -0.2) is 7.85 Å². The predicted octanol–water partition coefficient (Wildman–Crippen LogP) is 3.35. The van der Waals surface area contributed by atoms with E-state index >= 15 is 0 Å². The molecule has 0 unspecified atom stereocenters. The van der Waals surface area contributed by atoms with Crippen molar-refractivity contribution in [2.24, 2.45) is 0 Å². The van der Waals surface area contributed by atoms with Gasteiger partial charge in [0.1, 0.15) is 0 Å². The highest BCUT2D eigenvalue weighted by Gasteiger charge is 2.05. The first kappa shape index (κ1) is 10.4. The summed E-state index contributed by atoms with van der Waals surface area (Å²) in [6.07, 6.45) is 0. The zero-order valence-electron chi connectivity index (χ0n) is 8.96. The Hall–Kier alpha value is -0.715. The van der Waals surface area contributed by atoms with Crippen LogP contribution in [0.1, 0.15) is 49.2 Å². The van der Waals surface area contributed by atoms with Crippen molar-refractivity contribution in [3.05, 3.63) is 34.9 Å². The van der Waals surface area contributed by atoms with Crippen LogP contribution in [-0.2, 0) is 0 Å². The zero-order chi connectivity index (χ0) is 10.0.